The first-order valence-corrected chi connectivity index (χ1v) is 15.8. The highest BCUT2D eigenvalue weighted by Crippen LogP contribution is 2.42. The number of ether oxygens (including phenoxy) is 1. The highest BCUT2D eigenvalue weighted by atomic mass is 32.1. The lowest BCUT2D eigenvalue weighted by atomic mass is 9.95. The third-order valence-electron chi connectivity index (χ3n) is 9.29. The lowest BCUT2D eigenvalue weighted by Crippen LogP contribution is -2.56. The van der Waals surface area contributed by atoms with Crippen LogP contribution in [0.4, 0.5) is 23.4 Å². The van der Waals surface area contributed by atoms with Crippen molar-refractivity contribution in [2.24, 2.45) is 0 Å². The molecule has 0 radical (unpaired) electrons. The van der Waals surface area contributed by atoms with Crippen LogP contribution in [0.2, 0.25) is 0 Å². The second-order valence-corrected chi connectivity index (χ2v) is 12.9. The zero-order valence-corrected chi connectivity index (χ0v) is 25.5. The molecule has 0 spiro atoms. The summed E-state index contributed by atoms with van der Waals surface area (Å²) in [5.41, 5.74) is -0.784. The Bertz CT molecular complexity index is 1920. The quantitative estimate of drug-likeness (QED) is 0.151. The summed E-state index contributed by atoms with van der Waals surface area (Å²) < 4.78 is 66.6. The molecule has 3 aliphatic rings. The summed E-state index contributed by atoms with van der Waals surface area (Å²) in [6.07, 6.45) is 3.60. The van der Waals surface area contributed by atoms with Crippen molar-refractivity contribution in [2.75, 3.05) is 50.8 Å². The van der Waals surface area contributed by atoms with E-state index in [9.17, 15) is 18.0 Å². The summed E-state index contributed by atoms with van der Waals surface area (Å²) in [5, 5.41) is -0.836. The Kier molecular flexibility index (Phi) is 7.76. The Morgan fingerprint density at radius 2 is 2.04 bits per heavy atom. The van der Waals surface area contributed by atoms with Gasteiger partial charge in [0.25, 0.3) is 0 Å². The molecule has 3 aliphatic heterocycles. The van der Waals surface area contributed by atoms with Gasteiger partial charge in [-0.3, -0.25) is 14.7 Å². The molecule has 14 heteroatoms. The van der Waals surface area contributed by atoms with Crippen LogP contribution in [0.25, 0.3) is 37.1 Å². The molecular weight excluding hydrogens is 622 g/mol. The van der Waals surface area contributed by atoms with E-state index in [2.05, 4.69) is 31.3 Å². The van der Waals surface area contributed by atoms with Crippen LogP contribution in [-0.2, 0) is 4.79 Å². The van der Waals surface area contributed by atoms with Crippen molar-refractivity contribution in [3.8, 4) is 17.3 Å². The van der Waals surface area contributed by atoms with Crippen molar-refractivity contribution in [1.82, 2.24) is 24.8 Å². The molecule has 4 aromatic rings. The largest absolute Gasteiger partial charge is 0.461 e. The van der Waals surface area contributed by atoms with Gasteiger partial charge in [0.1, 0.15) is 35.8 Å². The first kappa shape index (κ1) is 30.3. The molecule has 0 N–H and O–H groups in total. The van der Waals surface area contributed by atoms with Gasteiger partial charge in [-0.1, -0.05) is 18.7 Å². The molecule has 0 bridgehead atoms. The van der Waals surface area contributed by atoms with Gasteiger partial charge in [-0.25, -0.2) is 19.7 Å². The maximum atomic E-state index is 16.6. The van der Waals surface area contributed by atoms with E-state index in [1.165, 1.54) is 18.3 Å². The average Bonchev–Trinajstić information content (AvgIpc) is 3.68. The van der Waals surface area contributed by atoms with Crippen LogP contribution in [0.1, 0.15) is 19.3 Å². The number of amides is 1. The molecule has 0 saturated carbocycles. The fourth-order valence-corrected chi connectivity index (χ4v) is 7.99. The summed E-state index contributed by atoms with van der Waals surface area (Å²) in [4.78, 5) is 35.0. The minimum Gasteiger partial charge on any atom is -0.461 e. The molecule has 46 heavy (non-hydrogen) atoms. The van der Waals surface area contributed by atoms with Crippen molar-refractivity contribution < 1.29 is 27.1 Å². The van der Waals surface area contributed by atoms with Gasteiger partial charge >= 0.3 is 6.01 Å². The van der Waals surface area contributed by atoms with Crippen molar-refractivity contribution >= 4 is 44.1 Å². The molecule has 6 heterocycles. The van der Waals surface area contributed by atoms with E-state index in [1.807, 2.05) is 4.90 Å². The predicted molar refractivity (Wildman–Crippen MR) is 166 cm³/mol. The maximum absolute atomic E-state index is 16.6. The molecule has 3 atom stereocenters. The van der Waals surface area contributed by atoms with Crippen LogP contribution in [0.3, 0.4) is 0 Å². The zero-order chi connectivity index (χ0) is 32.2. The van der Waals surface area contributed by atoms with E-state index in [0.29, 0.717) is 41.4 Å². The van der Waals surface area contributed by atoms with Gasteiger partial charge in [0.15, 0.2) is 11.6 Å². The van der Waals surface area contributed by atoms with Crippen molar-refractivity contribution in [3.05, 3.63) is 65.2 Å². The number of hydrogen-bond donors (Lipinski definition) is 0. The number of benzene rings is 1. The fourth-order valence-electron chi connectivity index (χ4n) is 7.16. The Morgan fingerprint density at radius 1 is 1.20 bits per heavy atom. The molecule has 1 amide bonds. The number of piperazine rings is 1. The SMILES string of the molecule is [C-]#[N+]C[C@H]1CN(c2nc(OC[C@@]34CCCN3C[C@H](F)C4)nc3c(F)c(-c4cccc5sc(F)c(F)c45)ncc23)CCN1C(=O)C=C. The van der Waals surface area contributed by atoms with Gasteiger partial charge in [-0.2, -0.15) is 14.4 Å². The first-order valence-electron chi connectivity index (χ1n) is 15.0. The summed E-state index contributed by atoms with van der Waals surface area (Å²) in [6.45, 7) is 13.0. The minimum absolute atomic E-state index is 0.0364. The monoisotopic (exact) mass is 651 g/mol. The number of thiophene rings is 1. The van der Waals surface area contributed by atoms with E-state index in [-0.39, 0.29) is 65.7 Å². The number of nitrogens with zero attached hydrogens (tertiary/aromatic N) is 7. The highest BCUT2D eigenvalue weighted by molar-refractivity contribution is 7.17. The van der Waals surface area contributed by atoms with Crippen molar-refractivity contribution in [1.29, 1.82) is 0 Å². The van der Waals surface area contributed by atoms with E-state index in [1.54, 1.807) is 17.0 Å². The van der Waals surface area contributed by atoms with Gasteiger partial charge in [-0.05, 0) is 31.5 Å². The van der Waals surface area contributed by atoms with Crippen LogP contribution in [0.15, 0.2) is 37.1 Å². The molecule has 3 aromatic heterocycles. The molecule has 3 fully saturated rings. The summed E-state index contributed by atoms with van der Waals surface area (Å²) in [7, 11) is 0. The number of anilines is 1. The predicted octanol–water partition coefficient (Wildman–Crippen LogP) is 5.40. The Morgan fingerprint density at radius 3 is 2.85 bits per heavy atom. The van der Waals surface area contributed by atoms with Crippen LogP contribution >= 0.6 is 11.3 Å². The van der Waals surface area contributed by atoms with Gasteiger partial charge < -0.3 is 19.4 Å². The summed E-state index contributed by atoms with van der Waals surface area (Å²) in [6, 6.07) is 3.99. The number of hydrogen-bond acceptors (Lipinski definition) is 8. The molecule has 3 saturated heterocycles. The number of fused-ring (bicyclic) bond motifs is 3. The molecule has 7 rings (SSSR count). The van der Waals surface area contributed by atoms with Crippen molar-refractivity contribution in [2.45, 2.75) is 37.0 Å². The second kappa shape index (κ2) is 11.8. The normalized spacial score (nSPS) is 23.2. The lowest BCUT2D eigenvalue weighted by molar-refractivity contribution is -0.128. The third-order valence-corrected chi connectivity index (χ3v) is 10.2. The Hall–Kier alpha value is -4.35. The Balaban J connectivity index is 1.33. The molecule has 1 aromatic carbocycles. The second-order valence-electron chi connectivity index (χ2n) is 11.9. The van der Waals surface area contributed by atoms with Gasteiger partial charge in [-0.15, -0.1) is 11.3 Å². The summed E-state index contributed by atoms with van der Waals surface area (Å²) in [5.74, 6) is -1.95. The topological polar surface area (TPSA) is 79.1 Å². The number of alkyl halides is 1. The molecule has 9 nitrogen and oxygen atoms in total. The fraction of sp³-hybridized carbons (Fsp3) is 0.406. The van der Waals surface area contributed by atoms with Gasteiger partial charge in [0.2, 0.25) is 17.6 Å². The smallest absolute Gasteiger partial charge is 0.319 e. The zero-order valence-electron chi connectivity index (χ0n) is 24.7. The standard InChI is InChI=1S/C32H29F4N7O2S/c1-3-23(44)43-11-10-41(16-19(43)13-37-2)30-21-14-38-27(20-6-4-7-22-24(20)25(34)29(36)46-22)26(35)28(21)39-31(40-30)45-17-32-8-5-9-42(32)15-18(33)12-32/h3-4,6-7,14,18-19H,1,5,8-13,15-17H2/t18-,19+,32+/m1/s1. The van der Waals surface area contributed by atoms with Crippen molar-refractivity contribution in [3.63, 3.8) is 0 Å². The van der Waals surface area contributed by atoms with Gasteiger partial charge in [0.05, 0.1) is 10.9 Å². The van der Waals surface area contributed by atoms with Crippen LogP contribution in [0, 0.1) is 23.3 Å². The average molecular weight is 652 g/mol. The summed E-state index contributed by atoms with van der Waals surface area (Å²) >= 11 is 0.624. The highest BCUT2D eigenvalue weighted by Gasteiger charge is 2.49. The molecule has 238 valence electrons. The lowest BCUT2D eigenvalue weighted by Gasteiger charge is -2.39. The van der Waals surface area contributed by atoms with Gasteiger partial charge in [0, 0.05) is 54.4 Å². The van der Waals surface area contributed by atoms with E-state index in [0.717, 1.165) is 19.4 Å². The van der Waals surface area contributed by atoms with Crippen LogP contribution in [0.5, 0.6) is 6.01 Å². The maximum Gasteiger partial charge on any atom is 0.319 e. The number of carbonyl (C=O) groups is 1. The van der Waals surface area contributed by atoms with E-state index >= 15 is 4.39 Å². The first-order chi connectivity index (χ1) is 22.2. The van der Waals surface area contributed by atoms with E-state index < -0.39 is 34.5 Å². The molecule has 0 aliphatic carbocycles. The number of pyridine rings is 1. The van der Waals surface area contributed by atoms with E-state index in [4.69, 9.17) is 11.3 Å². The number of halogens is 4. The number of carbonyl (C=O) groups excluding carboxylic acids is 1. The van der Waals surface area contributed by atoms with Crippen LogP contribution in [-0.4, -0.2) is 94.3 Å². The van der Waals surface area contributed by atoms with Crippen LogP contribution < -0.4 is 9.64 Å². The third kappa shape index (κ3) is 5.02. The Labute approximate surface area is 265 Å². The molecule has 0 unspecified atom stereocenters. The number of aromatic nitrogens is 3. The number of rotatable bonds is 7. The molecular formula is C32H29F4N7O2S. The minimum atomic E-state index is -1.08.